The zero-order chi connectivity index (χ0) is 18.4. The molecule has 1 fully saturated rings. The van der Waals surface area contributed by atoms with Crippen molar-refractivity contribution in [2.75, 3.05) is 17.1 Å². The molecule has 1 aliphatic rings. The fraction of sp³-hybridized carbons (Fsp3) is 0.611. The Labute approximate surface area is 155 Å². The number of nitrogens with zero attached hydrogens (tertiary/aromatic N) is 1. The molecule has 1 aromatic carbocycles. The van der Waals surface area contributed by atoms with E-state index in [1.807, 2.05) is 6.92 Å². The number of rotatable bonds is 7. The number of benzene rings is 1. The van der Waals surface area contributed by atoms with Crippen molar-refractivity contribution in [2.24, 2.45) is 5.92 Å². The van der Waals surface area contributed by atoms with Gasteiger partial charge in [-0.2, -0.15) is 0 Å². The van der Waals surface area contributed by atoms with Gasteiger partial charge in [0, 0.05) is 11.6 Å². The molecule has 1 atom stereocenters. The molecule has 1 aliphatic carbocycles. The first-order valence-corrected chi connectivity index (χ1v) is 11.1. The number of carbonyl (C=O) groups is 1. The van der Waals surface area contributed by atoms with E-state index in [1.165, 1.54) is 23.6 Å². The van der Waals surface area contributed by atoms with Crippen LogP contribution in [0.2, 0.25) is 5.02 Å². The summed E-state index contributed by atoms with van der Waals surface area (Å²) in [5.41, 5.74) is 0.412. The summed E-state index contributed by atoms with van der Waals surface area (Å²) in [6.45, 7) is 2.43. The maximum Gasteiger partial charge on any atom is 0.243 e. The van der Waals surface area contributed by atoms with Gasteiger partial charge in [-0.3, -0.25) is 9.10 Å². The number of hydrogen-bond acceptors (Lipinski definition) is 3. The molecule has 0 aliphatic heterocycles. The van der Waals surface area contributed by atoms with E-state index in [2.05, 4.69) is 5.32 Å². The molecule has 5 nitrogen and oxygen atoms in total. The highest BCUT2D eigenvalue weighted by Crippen LogP contribution is 2.26. The molecule has 0 spiro atoms. The molecule has 140 valence electrons. The Hall–Kier alpha value is -1.27. The van der Waals surface area contributed by atoms with Crippen molar-refractivity contribution in [3.63, 3.8) is 0 Å². The van der Waals surface area contributed by atoms with Crippen LogP contribution in [0.15, 0.2) is 24.3 Å². The zero-order valence-electron chi connectivity index (χ0n) is 14.9. The molecule has 0 bridgehead atoms. The van der Waals surface area contributed by atoms with E-state index in [0.29, 0.717) is 29.6 Å². The molecule has 1 amide bonds. The minimum Gasteiger partial charge on any atom is -0.354 e. The maximum atomic E-state index is 12.7. The van der Waals surface area contributed by atoms with E-state index in [4.69, 9.17) is 11.6 Å². The lowest BCUT2D eigenvalue weighted by atomic mass is 9.89. The Bertz CT molecular complexity index is 687. The summed E-state index contributed by atoms with van der Waals surface area (Å²) in [4.78, 5) is 12.7. The number of hydrogen-bond donors (Lipinski definition) is 1. The Morgan fingerprint density at radius 3 is 2.56 bits per heavy atom. The average Bonchev–Trinajstić information content (AvgIpc) is 2.57. The highest BCUT2D eigenvalue weighted by molar-refractivity contribution is 7.92. The van der Waals surface area contributed by atoms with E-state index in [0.717, 1.165) is 19.1 Å². The first-order chi connectivity index (χ1) is 11.8. The van der Waals surface area contributed by atoms with Gasteiger partial charge in [0.05, 0.1) is 11.9 Å². The van der Waals surface area contributed by atoms with Gasteiger partial charge in [0.15, 0.2) is 0 Å². The van der Waals surface area contributed by atoms with Crippen molar-refractivity contribution in [3.8, 4) is 0 Å². The first-order valence-electron chi connectivity index (χ1n) is 8.85. The van der Waals surface area contributed by atoms with Gasteiger partial charge in [-0.1, -0.05) is 43.9 Å². The van der Waals surface area contributed by atoms with Gasteiger partial charge in [-0.05, 0) is 43.4 Å². The average molecular weight is 387 g/mol. The SMILES string of the molecule is CCC(C(=O)NCC1CCCCC1)N(c1cccc(Cl)c1)S(C)(=O)=O. The quantitative estimate of drug-likeness (QED) is 0.778. The minimum atomic E-state index is -3.62. The van der Waals surface area contributed by atoms with Crippen molar-refractivity contribution in [1.82, 2.24) is 5.32 Å². The van der Waals surface area contributed by atoms with Crippen molar-refractivity contribution >= 4 is 33.2 Å². The largest absolute Gasteiger partial charge is 0.354 e. The van der Waals surface area contributed by atoms with Crippen LogP contribution in [0.5, 0.6) is 0 Å². The number of halogens is 1. The maximum absolute atomic E-state index is 12.7. The highest BCUT2D eigenvalue weighted by atomic mass is 35.5. The molecule has 2 rings (SSSR count). The van der Waals surface area contributed by atoms with Crippen LogP contribution in [0, 0.1) is 5.92 Å². The lowest BCUT2D eigenvalue weighted by Crippen LogP contribution is -2.50. The summed E-state index contributed by atoms with van der Waals surface area (Å²) in [6.07, 6.45) is 7.42. The zero-order valence-corrected chi connectivity index (χ0v) is 16.4. The third-order valence-electron chi connectivity index (χ3n) is 4.68. The number of nitrogens with one attached hydrogen (secondary N) is 1. The van der Waals surface area contributed by atoms with Crippen LogP contribution in [0.25, 0.3) is 0 Å². The Morgan fingerprint density at radius 1 is 1.32 bits per heavy atom. The highest BCUT2D eigenvalue weighted by Gasteiger charge is 2.31. The van der Waals surface area contributed by atoms with E-state index < -0.39 is 16.1 Å². The second-order valence-electron chi connectivity index (χ2n) is 6.71. The molecular formula is C18H27ClN2O3S. The summed E-state index contributed by atoms with van der Waals surface area (Å²) in [7, 11) is -3.62. The van der Waals surface area contributed by atoms with Gasteiger partial charge in [-0.25, -0.2) is 8.42 Å². The van der Waals surface area contributed by atoms with E-state index in [1.54, 1.807) is 24.3 Å². The van der Waals surface area contributed by atoms with Crippen molar-refractivity contribution in [1.29, 1.82) is 0 Å². The van der Waals surface area contributed by atoms with E-state index >= 15 is 0 Å². The van der Waals surface area contributed by atoms with E-state index in [-0.39, 0.29) is 5.91 Å². The minimum absolute atomic E-state index is 0.251. The molecular weight excluding hydrogens is 360 g/mol. The molecule has 0 aromatic heterocycles. The third-order valence-corrected chi connectivity index (χ3v) is 6.10. The van der Waals surface area contributed by atoms with Crippen LogP contribution in [0.3, 0.4) is 0 Å². The molecule has 25 heavy (non-hydrogen) atoms. The summed E-state index contributed by atoms with van der Waals surface area (Å²) < 4.78 is 25.9. The van der Waals surface area contributed by atoms with E-state index in [9.17, 15) is 13.2 Å². The molecule has 0 heterocycles. The number of carbonyl (C=O) groups excluding carboxylic acids is 1. The molecule has 0 saturated heterocycles. The van der Waals surface area contributed by atoms with Gasteiger partial charge in [0.1, 0.15) is 6.04 Å². The van der Waals surface area contributed by atoms with Crippen molar-refractivity contribution < 1.29 is 13.2 Å². The number of amides is 1. The normalized spacial score (nSPS) is 17.1. The monoisotopic (exact) mass is 386 g/mol. The number of sulfonamides is 1. The topological polar surface area (TPSA) is 66.5 Å². The standard InChI is InChI=1S/C18H27ClN2O3S/c1-3-17(18(22)20-13-14-8-5-4-6-9-14)21(25(2,23)24)16-11-7-10-15(19)12-16/h7,10-12,14,17H,3-6,8-9,13H2,1-2H3,(H,20,22). The fourth-order valence-electron chi connectivity index (χ4n) is 3.43. The summed E-state index contributed by atoms with van der Waals surface area (Å²) >= 11 is 6.01. The van der Waals surface area contributed by atoms with Gasteiger partial charge in [0.2, 0.25) is 15.9 Å². The second-order valence-corrected chi connectivity index (χ2v) is 9.01. The predicted octanol–water partition coefficient (Wildman–Crippen LogP) is 3.58. The van der Waals surface area contributed by atoms with Crippen LogP contribution in [-0.2, 0) is 14.8 Å². The third kappa shape index (κ3) is 5.61. The van der Waals surface area contributed by atoms with Gasteiger partial charge >= 0.3 is 0 Å². The Balaban J connectivity index is 2.16. The van der Waals surface area contributed by atoms with Gasteiger partial charge < -0.3 is 5.32 Å². The van der Waals surface area contributed by atoms with Crippen LogP contribution in [-0.4, -0.2) is 33.2 Å². The predicted molar refractivity (Wildman–Crippen MR) is 102 cm³/mol. The second kappa shape index (κ2) is 8.90. The lowest BCUT2D eigenvalue weighted by Gasteiger charge is -2.31. The molecule has 1 aromatic rings. The Kier molecular flexibility index (Phi) is 7.14. The molecule has 1 N–H and O–H groups in total. The summed E-state index contributed by atoms with van der Waals surface area (Å²) in [6, 6.07) is 5.80. The number of anilines is 1. The lowest BCUT2D eigenvalue weighted by molar-refractivity contribution is -0.122. The molecule has 1 saturated carbocycles. The Morgan fingerprint density at radius 2 is 2.00 bits per heavy atom. The van der Waals surface area contributed by atoms with Gasteiger partial charge in [0.25, 0.3) is 0 Å². The van der Waals surface area contributed by atoms with Crippen LogP contribution in [0.1, 0.15) is 45.4 Å². The fourth-order valence-corrected chi connectivity index (χ4v) is 4.82. The van der Waals surface area contributed by atoms with Crippen LogP contribution >= 0.6 is 11.6 Å². The molecule has 1 unspecified atom stereocenters. The molecule has 0 radical (unpaired) electrons. The van der Waals surface area contributed by atoms with Crippen LogP contribution < -0.4 is 9.62 Å². The van der Waals surface area contributed by atoms with Gasteiger partial charge in [-0.15, -0.1) is 0 Å². The van der Waals surface area contributed by atoms with Crippen molar-refractivity contribution in [3.05, 3.63) is 29.3 Å². The first kappa shape index (κ1) is 20.0. The summed E-state index contributed by atoms with van der Waals surface area (Å²) in [5, 5.41) is 3.40. The summed E-state index contributed by atoms with van der Waals surface area (Å²) in [5.74, 6) is 0.242. The van der Waals surface area contributed by atoms with Crippen LogP contribution in [0.4, 0.5) is 5.69 Å². The smallest absolute Gasteiger partial charge is 0.243 e. The molecule has 7 heteroatoms. The van der Waals surface area contributed by atoms with Crippen molar-refractivity contribution in [2.45, 2.75) is 51.5 Å².